The Balaban J connectivity index is 0.000000174. The summed E-state index contributed by atoms with van der Waals surface area (Å²) in [6.45, 7) is 62.9. The maximum atomic E-state index is 12.3. The molecule has 0 aliphatic carbocycles. The molecule has 0 aromatic rings. The lowest BCUT2D eigenvalue weighted by molar-refractivity contribution is -0.152. The predicted molar refractivity (Wildman–Crippen MR) is 358 cm³/mol. The quantitative estimate of drug-likeness (QED) is 0.198. The molecule has 10 heterocycles. The normalized spacial score (nSPS) is 25.5. The van der Waals surface area contributed by atoms with Crippen LogP contribution in [0.3, 0.4) is 0 Å². The van der Waals surface area contributed by atoms with E-state index in [0.29, 0.717) is 80.9 Å². The van der Waals surface area contributed by atoms with Crippen LogP contribution < -0.4 is 0 Å². The molecule has 10 aliphatic heterocycles. The van der Waals surface area contributed by atoms with Crippen LogP contribution in [0, 0.1) is 50.7 Å². The summed E-state index contributed by atoms with van der Waals surface area (Å²) in [7, 11) is 0. The molecular weight excluding hydrogens is 1080 g/mol. The number of likely N-dealkylation sites (tertiary alicyclic amines) is 10. The van der Waals surface area contributed by atoms with E-state index < -0.39 is 0 Å². The van der Waals surface area contributed by atoms with E-state index in [0.717, 1.165) is 78.3 Å². The van der Waals surface area contributed by atoms with Gasteiger partial charge < -0.3 is 49.0 Å². The number of piperidine rings is 5. The molecule has 0 N–H and O–H groups in total. The Morgan fingerprint density at radius 1 is 0.287 bits per heavy atom. The van der Waals surface area contributed by atoms with Crippen molar-refractivity contribution in [2.75, 3.05) is 131 Å². The molecule has 15 heteroatoms. The lowest BCUT2D eigenvalue weighted by Crippen LogP contribution is -2.63. The first-order valence-electron chi connectivity index (χ1n) is 35.9. The maximum Gasteiger partial charge on any atom is 0.225 e. The molecule has 10 rings (SSSR count). The predicted octanol–water partition coefficient (Wildman–Crippen LogP) is 10.8. The van der Waals surface area contributed by atoms with E-state index in [1.54, 1.807) is 6.92 Å². The van der Waals surface area contributed by atoms with Crippen molar-refractivity contribution >= 4 is 29.5 Å². The monoisotopic (exact) mass is 1220 g/mol. The second-order valence-corrected chi connectivity index (χ2v) is 32.4. The molecule has 87 heavy (non-hydrogen) atoms. The summed E-state index contributed by atoms with van der Waals surface area (Å²) in [5.41, 5.74) is 2.25. The summed E-state index contributed by atoms with van der Waals surface area (Å²) in [4.78, 5) is 82.6. The fraction of sp³-hybridized carbons (Fsp3) is 0.931. The summed E-state index contributed by atoms with van der Waals surface area (Å²) in [5.74, 6) is 2.37. The number of hydrogen-bond acceptors (Lipinski definition) is 10. The van der Waals surface area contributed by atoms with Crippen LogP contribution in [0.15, 0.2) is 0 Å². The first-order chi connectivity index (χ1) is 40.8. The molecule has 0 aromatic heterocycles. The van der Waals surface area contributed by atoms with Gasteiger partial charge in [-0.15, -0.1) is 0 Å². The summed E-state index contributed by atoms with van der Waals surface area (Å²) in [5, 5.41) is 0. The minimum atomic E-state index is 0.143. The van der Waals surface area contributed by atoms with Crippen molar-refractivity contribution < 1.29 is 24.0 Å². The van der Waals surface area contributed by atoms with E-state index in [1.165, 1.54) is 142 Å². The van der Waals surface area contributed by atoms with Gasteiger partial charge in [-0.3, -0.25) is 24.0 Å². The van der Waals surface area contributed by atoms with Gasteiger partial charge in [-0.25, -0.2) is 0 Å². The van der Waals surface area contributed by atoms with E-state index in [4.69, 9.17) is 0 Å². The van der Waals surface area contributed by atoms with E-state index in [9.17, 15) is 24.0 Å². The van der Waals surface area contributed by atoms with E-state index in [1.807, 2.05) is 46.4 Å². The molecule has 10 aliphatic rings. The SMILES string of the molecule is CC(=O)N1CC2(CCN(C(C)C)CC2)C1.CC(C)C(=O)N1CC2(CCN(C(C)C)CC2)C1.CC(C)C(=O)N1CCC2(CCCN(C(C)C)C2)C1.CC(C)C(=O)N1CCC2(CCN(C(C)C)CC2)C1.CCC(CC)C(=O)N1CC2(CCN(C(C)C)CC2)C1. The second kappa shape index (κ2) is 31.7. The van der Waals surface area contributed by atoms with Gasteiger partial charge in [0.2, 0.25) is 29.5 Å². The van der Waals surface area contributed by atoms with E-state index >= 15 is 0 Å². The fourth-order valence-electron chi connectivity index (χ4n) is 16.5. The van der Waals surface area contributed by atoms with Crippen LogP contribution in [-0.2, 0) is 24.0 Å². The lowest BCUT2D eigenvalue weighted by atomic mass is 9.71. The van der Waals surface area contributed by atoms with Gasteiger partial charge in [0.05, 0.1) is 0 Å². The molecule has 10 fully saturated rings. The van der Waals surface area contributed by atoms with Gasteiger partial charge in [-0.2, -0.15) is 0 Å². The molecule has 0 radical (unpaired) electrons. The van der Waals surface area contributed by atoms with Crippen molar-refractivity contribution in [3.05, 3.63) is 0 Å². The standard InChI is InChI=1S/C16H30N2O.2C15H28N2O.C14H26N2O.C12H22N2O/c1-5-14(6-2)15(19)18-11-16(12-18)7-9-17(10-8-16)13(3)4;1-12(2)14(18)17-10-7-15(11-17)5-8-16(9-6-15)13(3)4;1-12(2)14(18)17-9-7-15(11-17)6-5-8-16(10-15)13(3)4;1-11(2)13(17)16-9-14(10-16)5-7-15(8-6-14)12(3)4;1-10(2)13-6-4-12(5-7-13)8-14(9-12)11(3)15/h13-14H,5-12H2,1-4H3;2*12-13H,5-11H2,1-4H3;11-12H,5-10H2,1-4H3;10H,4-9H2,1-3H3. The van der Waals surface area contributed by atoms with Crippen LogP contribution in [-0.4, -0.2) is 240 Å². The molecule has 10 saturated heterocycles. The van der Waals surface area contributed by atoms with Crippen LogP contribution >= 0.6 is 0 Å². The first kappa shape index (κ1) is 73.2. The minimum absolute atomic E-state index is 0.143. The fourth-order valence-corrected chi connectivity index (χ4v) is 16.5. The number of carbonyl (C=O) groups is 5. The van der Waals surface area contributed by atoms with Crippen molar-refractivity contribution in [1.29, 1.82) is 0 Å². The molecule has 1 atom stereocenters. The van der Waals surface area contributed by atoms with Gasteiger partial charge in [-0.05, 0) is 223 Å². The van der Waals surface area contributed by atoms with Crippen LogP contribution in [0.5, 0.6) is 0 Å². The molecule has 15 nitrogen and oxygen atoms in total. The summed E-state index contributed by atoms with van der Waals surface area (Å²) < 4.78 is 0. The Bertz CT molecular complexity index is 2150. The number of nitrogens with zero attached hydrogens (tertiary/aromatic N) is 10. The third kappa shape index (κ3) is 19.1. The summed E-state index contributed by atoms with van der Waals surface area (Å²) in [6.07, 6.45) is 17.2. The minimum Gasteiger partial charge on any atom is -0.342 e. The van der Waals surface area contributed by atoms with Gasteiger partial charge in [0, 0.05) is 154 Å². The molecule has 0 bridgehead atoms. The highest BCUT2D eigenvalue weighted by molar-refractivity contribution is 5.80. The van der Waals surface area contributed by atoms with Gasteiger partial charge in [-0.1, -0.05) is 55.4 Å². The Kier molecular flexibility index (Phi) is 26.6. The largest absolute Gasteiger partial charge is 0.342 e. The molecule has 502 valence electrons. The molecular formula is C72H134N10O5. The van der Waals surface area contributed by atoms with Crippen LogP contribution in [0.1, 0.15) is 221 Å². The number of carbonyl (C=O) groups excluding carboxylic acids is 5. The van der Waals surface area contributed by atoms with Crippen LogP contribution in [0.4, 0.5) is 0 Å². The van der Waals surface area contributed by atoms with Crippen LogP contribution in [0.2, 0.25) is 0 Å². The highest BCUT2D eigenvalue weighted by Crippen LogP contribution is 2.45. The third-order valence-corrected chi connectivity index (χ3v) is 23.3. The Labute approximate surface area is 533 Å². The van der Waals surface area contributed by atoms with Crippen molar-refractivity contribution in [2.24, 2.45) is 50.7 Å². The van der Waals surface area contributed by atoms with Gasteiger partial charge >= 0.3 is 0 Å². The third-order valence-electron chi connectivity index (χ3n) is 23.3. The molecule has 5 spiro atoms. The maximum absolute atomic E-state index is 12.3. The highest BCUT2D eigenvalue weighted by Gasteiger charge is 2.50. The summed E-state index contributed by atoms with van der Waals surface area (Å²) >= 11 is 0. The molecule has 1 unspecified atom stereocenters. The average Bonchev–Trinajstić information content (AvgIpc) is 1.95. The Morgan fingerprint density at radius 2 is 0.540 bits per heavy atom. The zero-order valence-corrected chi connectivity index (χ0v) is 59.8. The average molecular weight is 1220 g/mol. The zero-order valence-electron chi connectivity index (χ0n) is 59.8. The zero-order chi connectivity index (χ0) is 64.4. The Hall–Kier alpha value is -2.85. The smallest absolute Gasteiger partial charge is 0.225 e. The van der Waals surface area contributed by atoms with Gasteiger partial charge in [0.15, 0.2) is 0 Å². The van der Waals surface area contributed by atoms with Crippen molar-refractivity contribution in [3.63, 3.8) is 0 Å². The van der Waals surface area contributed by atoms with Crippen molar-refractivity contribution in [2.45, 2.75) is 252 Å². The molecule has 0 aromatic carbocycles. The van der Waals surface area contributed by atoms with Gasteiger partial charge in [0.1, 0.15) is 0 Å². The van der Waals surface area contributed by atoms with E-state index in [-0.39, 0.29) is 29.6 Å². The molecule has 5 amide bonds. The topological polar surface area (TPSA) is 118 Å². The number of hydrogen-bond donors (Lipinski definition) is 0. The van der Waals surface area contributed by atoms with Gasteiger partial charge in [0.25, 0.3) is 0 Å². The van der Waals surface area contributed by atoms with Crippen molar-refractivity contribution in [3.8, 4) is 0 Å². The number of amides is 5. The molecule has 0 saturated carbocycles. The Morgan fingerprint density at radius 3 is 0.851 bits per heavy atom. The highest BCUT2D eigenvalue weighted by atomic mass is 16.2. The van der Waals surface area contributed by atoms with Crippen LogP contribution in [0.25, 0.3) is 0 Å². The summed E-state index contributed by atoms with van der Waals surface area (Å²) in [6, 6.07) is 3.31. The lowest BCUT2D eigenvalue weighted by Gasteiger charge is -2.55. The van der Waals surface area contributed by atoms with E-state index in [2.05, 4.69) is 127 Å². The number of rotatable bonds is 11. The first-order valence-corrected chi connectivity index (χ1v) is 35.9. The van der Waals surface area contributed by atoms with Crippen molar-refractivity contribution in [1.82, 2.24) is 49.0 Å². The second-order valence-electron chi connectivity index (χ2n) is 32.4.